The summed E-state index contributed by atoms with van der Waals surface area (Å²) >= 11 is 6.76. The molecule has 0 atom stereocenters. The lowest BCUT2D eigenvalue weighted by Crippen LogP contribution is -1.92. The highest BCUT2D eigenvalue weighted by molar-refractivity contribution is 9.11. The minimum absolute atomic E-state index is 0.119. The maximum atomic E-state index is 11.4. The van der Waals surface area contributed by atoms with Crippen molar-refractivity contribution < 1.29 is 8.42 Å². The Hall–Kier alpha value is -0.100. The topological polar surface area (TPSA) is 34.1 Å². The van der Waals surface area contributed by atoms with Gasteiger partial charge in [-0.1, -0.05) is 44.0 Å². The molecule has 0 saturated carbocycles. The predicted molar refractivity (Wildman–Crippen MR) is 72.4 cm³/mol. The van der Waals surface area contributed by atoms with E-state index in [-0.39, 0.29) is 4.90 Å². The zero-order valence-electron chi connectivity index (χ0n) is 7.75. The molecule has 0 aliphatic carbocycles. The maximum absolute atomic E-state index is 11.4. The van der Waals surface area contributed by atoms with Crippen molar-refractivity contribution in [2.75, 3.05) is 0 Å². The van der Waals surface area contributed by atoms with E-state index in [1.165, 1.54) is 6.07 Å². The average molecular weight is 384 g/mol. The Morgan fingerprint density at radius 1 is 1.00 bits per heavy atom. The Balaban J connectivity index is 3.02. The standard InChI is InChI=1S/C10H5Br2ClO2S/c11-7-3-1-2-6-9(16(13,14)15)5-4-8(12)10(6)7/h1-5H. The lowest BCUT2D eigenvalue weighted by atomic mass is 10.1. The zero-order chi connectivity index (χ0) is 11.9. The van der Waals surface area contributed by atoms with E-state index in [2.05, 4.69) is 31.9 Å². The van der Waals surface area contributed by atoms with Crippen LogP contribution in [0.15, 0.2) is 44.2 Å². The second kappa shape index (κ2) is 4.29. The number of halogens is 3. The van der Waals surface area contributed by atoms with Crippen molar-refractivity contribution in [1.29, 1.82) is 0 Å². The fourth-order valence-corrected chi connectivity index (χ4v) is 3.98. The van der Waals surface area contributed by atoms with Crippen molar-refractivity contribution >= 4 is 62.4 Å². The van der Waals surface area contributed by atoms with Gasteiger partial charge in [0.15, 0.2) is 0 Å². The molecule has 0 aromatic heterocycles. The minimum atomic E-state index is -3.73. The maximum Gasteiger partial charge on any atom is 0.261 e. The van der Waals surface area contributed by atoms with E-state index in [0.29, 0.717) is 5.39 Å². The highest BCUT2D eigenvalue weighted by Gasteiger charge is 2.16. The summed E-state index contributed by atoms with van der Waals surface area (Å²) in [6, 6.07) is 8.49. The van der Waals surface area contributed by atoms with Gasteiger partial charge in [0.2, 0.25) is 0 Å². The molecule has 0 unspecified atom stereocenters. The molecular formula is C10H5Br2ClO2S. The molecule has 0 aliphatic heterocycles. The van der Waals surface area contributed by atoms with Gasteiger partial charge in [-0.25, -0.2) is 8.42 Å². The van der Waals surface area contributed by atoms with Crippen molar-refractivity contribution in [3.63, 3.8) is 0 Å². The smallest absolute Gasteiger partial charge is 0.207 e. The summed E-state index contributed by atoms with van der Waals surface area (Å²) in [7, 11) is 1.65. The van der Waals surface area contributed by atoms with Crippen LogP contribution in [0.1, 0.15) is 0 Å². The van der Waals surface area contributed by atoms with Crippen molar-refractivity contribution in [2.24, 2.45) is 0 Å². The molecule has 0 radical (unpaired) electrons. The highest BCUT2D eigenvalue weighted by atomic mass is 79.9. The molecule has 16 heavy (non-hydrogen) atoms. The zero-order valence-corrected chi connectivity index (χ0v) is 12.5. The first-order valence-corrected chi connectivity index (χ1v) is 8.12. The SMILES string of the molecule is O=S(=O)(Cl)c1ccc(Br)c2c(Br)cccc12. The Labute approximate surface area is 114 Å². The molecule has 2 rings (SSSR count). The summed E-state index contributed by atoms with van der Waals surface area (Å²) < 4.78 is 24.4. The van der Waals surface area contributed by atoms with E-state index in [1.54, 1.807) is 18.2 Å². The first-order chi connectivity index (χ1) is 7.41. The van der Waals surface area contributed by atoms with Crippen molar-refractivity contribution in [1.82, 2.24) is 0 Å². The molecule has 2 nitrogen and oxygen atoms in total. The van der Waals surface area contributed by atoms with Crippen LogP contribution >= 0.6 is 42.5 Å². The second-order valence-corrected chi connectivity index (χ2v) is 7.39. The van der Waals surface area contributed by atoms with E-state index in [9.17, 15) is 8.42 Å². The largest absolute Gasteiger partial charge is 0.261 e. The molecule has 0 bridgehead atoms. The highest BCUT2D eigenvalue weighted by Crippen LogP contribution is 2.35. The monoisotopic (exact) mass is 382 g/mol. The van der Waals surface area contributed by atoms with Gasteiger partial charge < -0.3 is 0 Å². The van der Waals surface area contributed by atoms with Crippen LogP contribution in [0.3, 0.4) is 0 Å². The third-order valence-electron chi connectivity index (χ3n) is 2.16. The Morgan fingerprint density at radius 2 is 1.62 bits per heavy atom. The number of hydrogen-bond acceptors (Lipinski definition) is 2. The summed E-state index contributed by atoms with van der Waals surface area (Å²) in [5.41, 5.74) is 0. The van der Waals surface area contributed by atoms with Crippen LogP contribution < -0.4 is 0 Å². The molecule has 84 valence electrons. The summed E-state index contributed by atoms with van der Waals surface area (Å²) in [4.78, 5) is 0.119. The lowest BCUT2D eigenvalue weighted by Gasteiger charge is -2.07. The van der Waals surface area contributed by atoms with E-state index < -0.39 is 9.05 Å². The van der Waals surface area contributed by atoms with Crippen LogP contribution in [0.2, 0.25) is 0 Å². The van der Waals surface area contributed by atoms with Gasteiger partial charge in [0.25, 0.3) is 9.05 Å². The van der Waals surface area contributed by atoms with Gasteiger partial charge in [-0.2, -0.15) is 0 Å². The Kier molecular flexibility index (Phi) is 3.32. The third kappa shape index (κ3) is 2.14. The number of benzene rings is 2. The quantitative estimate of drug-likeness (QED) is 0.688. The summed E-state index contributed by atoms with van der Waals surface area (Å²) in [6.45, 7) is 0. The Bertz CT molecular complexity index is 660. The molecule has 2 aromatic rings. The van der Waals surface area contributed by atoms with E-state index in [0.717, 1.165) is 14.3 Å². The predicted octanol–water partition coefficient (Wildman–Crippen LogP) is 4.29. The van der Waals surface area contributed by atoms with Crippen molar-refractivity contribution in [3.8, 4) is 0 Å². The minimum Gasteiger partial charge on any atom is -0.207 e. The molecule has 0 spiro atoms. The van der Waals surface area contributed by atoms with Crippen LogP contribution in [0.25, 0.3) is 10.8 Å². The normalized spacial score (nSPS) is 11.9. The van der Waals surface area contributed by atoms with E-state index in [1.807, 2.05) is 6.07 Å². The Morgan fingerprint density at radius 3 is 2.25 bits per heavy atom. The first kappa shape index (κ1) is 12.4. The van der Waals surface area contributed by atoms with Gasteiger partial charge in [-0.05, 0) is 18.2 Å². The average Bonchev–Trinajstić information content (AvgIpc) is 2.16. The molecule has 0 aliphatic rings. The van der Waals surface area contributed by atoms with Crippen LogP contribution in [0, 0.1) is 0 Å². The van der Waals surface area contributed by atoms with Gasteiger partial charge in [0, 0.05) is 30.4 Å². The van der Waals surface area contributed by atoms with Crippen LogP contribution in [-0.2, 0) is 9.05 Å². The lowest BCUT2D eigenvalue weighted by molar-refractivity contribution is 0.610. The molecule has 0 heterocycles. The van der Waals surface area contributed by atoms with Crippen molar-refractivity contribution in [3.05, 3.63) is 39.3 Å². The van der Waals surface area contributed by atoms with Crippen LogP contribution in [0.4, 0.5) is 0 Å². The molecular weight excluding hydrogens is 379 g/mol. The summed E-state index contributed by atoms with van der Waals surface area (Å²) in [5, 5.41) is 1.39. The van der Waals surface area contributed by atoms with Crippen molar-refractivity contribution in [2.45, 2.75) is 4.90 Å². The summed E-state index contributed by atoms with van der Waals surface area (Å²) in [6.07, 6.45) is 0. The van der Waals surface area contributed by atoms with Gasteiger partial charge in [0.1, 0.15) is 0 Å². The molecule has 0 fully saturated rings. The molecule has 0 N–H and O–H groups in total. The van der Waals surface area contributed by atoms with Gasteiger partial charge in [-0.15, -0.1) is 0 Å². The number of rotatable bonds is 1. The molecule has 6 heteroatoms. The van der Waals surface area contributed by atoms with Gasteiger partial charge >= 0.3 is 0 Å². The van der Waals surface area contributed by atoms with Gasteiger partial charge in [-0.3, -0.25) is 0 Å². The molecule has 0 saturated heterocycles. The van der Waals surface area contributed by atoms with Crippen LogP contribution in [-0.4, -0.2) is 8.42 Å². The fourth-order valence-electron chi connectivity index (χ4n) is 1.51. The number of fused-ring (bicyclic) bond motifs is 1. The summed E-state index contributed by atoms with van der Waals surface area (Å²) in [5.74, 6) is 0. The number of hydrogen-bond donors (Lipinski definition) is 0. The molecule has 2 aromatic carbocycles. The van der Waals surface area contributed by atoms with Gasteiger partial charge in [0.05, 0.1) is 4.90 Å². The van der Waals surface area contributed by atoms with Crippen LogP contribution in [0.5, 0.6) is 0 Å². The second-order valence-electron chi connectivity index (χ2n) is 3.15. The molecule has 0 amide bonds. The van der Waals surface area contributed by atoms with E-state index in [4.69, 9.17) is 10.7 Å². The van der Waals surface area contributed by atoms with E-state index >= 15 is 0 Å². The fraction of sp³-hybridized carbons (Fsp3) is 0. The first-order valence-electron chi connectivity index (χ1n) is 4.22. The third-order valence-corrected chi connectivity index (χ3v) is 4.86.